The molecule has 0 saturated heterocycles. The van der Waals surface area contributed by atoms with Gasteiger partial charge in [0.2, 0.25) is 0 Å². The van der Waals surface area contributed by atoms with Crippen molar-refractivity contribution < 1.29 is 9.90 Å². The van der Waals surface area contributed by atoms with Gasteiger partial charge in [-0.1, -0.05) is 25.4 Å². The molecule has 1 rings (SSSR count). The van der Waals surface area contributed by atoms with Gasteiger partial charge in [0.05, 0.1) is 12.6 Å². The number of nitrogens with zero attached hydrogens (tertiary/aromatic N) is 1. The lowest BCUT2D eigenvalue weighted by atomic mass is 10.0. The van der Waals surface area contributed by atoms with Crippen LogP contribution in [0.4, 0.5) is 0 Å². The monoisotopic (exact) mass is 297 g/mol. The number of carbonyl (C=O) groups is 1. The Balaban J connectivity index is 2.90. The van der Waals surface area contributed by atoms with Gasteiger partial charge in [0.1, 0.15) is 0 Å². The van der Waals surface area contributed by atoms with E-state index >= 15 is 0 Å². The number of ketones is 1. The van der Waals surface area contributed by atoms with Crippen LogP contribution < -0.4 is 0 Å². The van der Waals surface area contributed by atoms with Crippen LogP contribution in [0.15, 0.2) is 24.3 Å². The second kappa shape index (κ2) is 8.40. The maximum atomic E-state index is 12.5. The van der Waals surface area contributed by atoms with Crippen molar-refractivity contribution in [2.24, 2.45) is 0 Å². The summed E-state index contributed by atoms with van der Waals surface area (Å²) in [5.74, 6) is 0.0713. The molecule has 4 heteroatoms. The van der Waals surface area contributed by atoms with Gasteiger partial charge >= 0.3 is 0 Å². The Morgan fingerprint density at radius 2 is 1.80 bits per heavy atom. The normalized spacial score (nSPS) is 12.9. The summed E-state index contributed by atoms with van der Waals surface area (Å²) in [6.45, 7) is 6.71. The molecule has 1 aromatic carbocycles. The Morgan fingerprint density at radius 1 is 1.25 bits per heavy atom. The molecule has 20 heavy (non-hydrogen) atoms. The third kappa shape index (κ3) is 4.30. The van der Waals surface area contributed by atoms with Crippen molar-refractivity contribution in [3.05, 3.63) is 34.9 Å². The summed E-state index contributed by atoms with van der Waals surface area (Å²) >= 11 is 5.85. The van der Waals surface area contributed by atoms with Crippen LogP contribution in [0.5, 0.6) is 0 Å². The van der Waals surface area contributed by atoms with Gasteiger partial charge in [0.25, 0.3) is 0 Å². The van der Waals surface area contributed by atoms with Crippen molar-refractivity contribution in [2.75, 3.05) is 13.2 Å². The fraction of sp³-hybridized carbons (Fsp3) is 0.562. The first-order chi connectivity index (χ1) is 9.54. The first kappa shape index (κ1) is 17.2. The van der Waals surface area contributed by atoms with Crippen LogP contribution in [0.1, 0.15) is 44.0 Å². The molecule has 0 aromatic heterocycles. The topological polar surface area (TPSA) is 40.5 Å². The predicted molar refractivity (Wildman–Crippen MR) is 83.4 cm³/mol. The standard InChI is InChI=1S/C16H24ClNO2/c1-4-15(5-2)18(10-11-19)12(3)16(20)13-6-8-14(17)9-7-13/h6-9,12,15,19H,4-5,10-11H2,1-3H3. The number of hydrogen-bond acceptors (Lipinski definition) is 3. The lowest BCUT2D eigenvalue weighted by molar-refractivity contribution is 0.0686. The summed E-state index contributed by atoms with van der Waals surface area (Å²) < 4.78 is 0. The molecule has 0 spiro atoms. The van der Waals surface area contributed by atoms with E-state index in [-0.39, 0.29) is 18.4 Å². The average molecular weight is 298 g/mol. The van der Waals surface area contributed by atoms with Crippen LogP contribution in [-0.2, 0) is 0 Å². The van der Waals surface area contributed by atoms with Crippen molar-refractivity contribution in [1.82, 2.24) is 4.90 Å². The predicted octanol–water partition coefficient (Wildman–Crippen LogP) is 3.39. The van der Waals surface area contributed by atoms with Gasteiger partial charge < -0.3 is 5.11 Å². The molecular formula is C16H24ClNO2. The molecule has 1 N–H and O–H groups in total. The molecule has 0 radical (unpaired) electrons. The molecule has 1 atom stereocenters. The molecule has 0 heterocycles. The zero-order valence-electron chi connectivity index (χ0n) is 12.5. The maximum absolute atomic E-state index is 12.5. The fourth-order valence-electron chi connectivity index (χ4n) is 2.57. The van der Waals surface area contributed by atoms with E-state index in [9.17, 15) is 9.90 Å². The van der Waals surface area contributed by atoms with E-state index in [0.29, 0.717) is 23.2 Å². The molecule has 0 aliphatic heterocycles. The number of aliphatic hydroxyl groups is 1. The van der Waals surface area contributed by atoms with Crippen molar-refractivity contribution >= 4 is 17.4 Å². The van der Waals surface area contributed by atoms with Crippen molar-refractivity contribution in [3.8, 4) is 0 Å². The molecule has 1 aromatic rings. The minimum absolute atomic E-state index is 0.0642. The first-order valence-electron chi connectivity index (χ1n) is 7.21. The molecule has 112 valence electrons. The Bertz CT molecular complexity index is 415. The average Bonchev–Trinajstić information content (AvgIpc) is 2.47. The highest BCUT2D eigenvalue weighted by Gasteiger charge is 2.26. The lowest BCUT2D eigenvalue weighted by Crippen LogP contribution is -2.46. The van der Waals surface area contributed by atoms with E-state index in [1.165, 1.54) is 0 Å². The highest BCUT2D eigenvalue weighted by atomic mass is 35.5. The third-order valence-corrected chi connectivity index (χ3v) is 4.03. The van der Waals surface area contributed by atoms with E-state index in [1.54, 1.807) is 24.3 Å². The molecule has 0 fully saturated rings. The second-order valence-corrected chi connectivity index (χ2v) is 5.42. The second-order valence-electron chi connectivity index (χ2n) is 4.98. The molecule has 3 nitrogen and oxygen atoms in total. The third-order valence-electron chi connectivity index (χ3n) is 3.78. The van der Waals surface area contributed by atoms with Gasteiger partial charge in [-0.2, -0.15) is 0 Å². The van der Waals surface area contributed by atoms with Crippen LogP contribution >= 0.6 is 11.6 Å². The van der Waals surface area contributed by atoms with Crippen molar-refractivity contribution in [3.63, 3.8) is 0 Å². The van der Waals surface area contributed by atoms with Gasteiger partial charge in [0, 0.05) is 23.2 Å². The summed E-state index contributed by atoms with van der Waals surface area (Å²) in [5, 5.41) is 9.87. The van der Waals surface area contributed by atoms with E-state index in [4.69, 9.17) is 11.6 Å². The highest BCUT2D eigenvalue weighted by Crippen LogP contribution is 2.17. The van der Waals surface area contributed by atoms with Gasteiger partial charge in [-0.3, -0.25) is 9.69 Å². The maximum Gasteiger partial charge on any atom is 0.179 e. The van der Waals surface area contributed by atoms with Crippen LogP contribution in [0.2, 0.25) is 5.02 Å². The molecule has 0 aliphatic carbocycles. The Hall–Kier alpha value is -0.900. The van der Waals surface area contributed by atoms with Crippen LogP contribution in [0.25, 0.3) is 0 Å². The minimum atomic E-state index is -0.242. The number of Topliss-reactive ketones (excluding diaryl/α,β-unsaturated/α-hetero) is 1. The van der Waals surface area contributed by atoms with Gasteiger partial charge in [-0.25, -0.2) is 0 Å². The van der Waals surface area contributed by atoms with Crippen molar-refractivity contribution in [1.29, 1.82) is 0 Å². The van der Waals surface area contributed by atoms with E-state index in [0.717, 1.165) is 12.8 Å². The SMILES string of the molecule is CCC(CC)N(CCO)C(C)C(=O)c1ccc(Cl)cc1. The summed E-state index contributed by atoms with van der Waals surface area (Å²) in [4.78, 5) is 14.6. The Kier molecular flexibility index (Phi) is 7.20. The van der Waals surface area contributed by atoms with Gasteiger partial charge in [0.15, 0.2) is 5.78 Å². The zero-order chi connectivity index (χ0) is 15.1. The number of carbonyl (C=O) groups excluding carboxylic acids is 1. The number of aliphatic hydroxyl groups excluding tert-OH is 1. The molecule has 0 saturated carbocycles. The summed E-state index contributed by atoms with van der Waals surface area (Å²) in [6, 6.07) is 7.04. The number of hydrogen-bond donors (Lipinski definition) is 1. The molecular weight excluding hydrogens is 274 g/mol. The van der Waals surface area contributed by atoms with Gasteiger partial charge in [-0.15, -0.1) is 0 Å². The van der Waals surface area contributed by atoms with Crippen molar-refractivity contribution in [2.45, 2.75) is 45.7 Å². The zero-order valence-corrected chi connectivity index (χ0v) is 13.2. The van der Waals surface area contributed by atoms with E-state index < -0.39 is 0 Å². The van der Waals surface area contributed by atoms with Gasteiger partial charge in [-0.05, 0) is 44.0 Å². The molecule has 0 bridgehead atoms. The van der Waals surface area contributed by atoms with Crippen LogP contribution in [0, 0.1) is 0 Å². The largest absolute Gasteiger partial charge is 0.395 e. The Labute approximate surface area is 126 Å². The summed E-state index contributed by atoms with van der Waals surface area (Å²) in [7, 11) is 0. The smallest absolute Gasteiger partial charge is 0.179 e. The lowest BCUT2D eigenvalue weighted by Gasteiger charge is -2.34. The van der Waals surface area contributed by atoms with E-state index in [2.05, 4.69) is 18.7 Å². The number of halogens is 1. The number of benzene rings is 1. The minimum Gasteiger partial charge on any atom is -0.395 e. The fourth-order valence-corrected chi connectivity index (χ4v) is 2.70. The van der Waals surface area contributed by atoms with Crippen LogP contribution in [-0.4, -0.2) is 41.0 Å². The molecule has 0 aliphatic rings. The molecule has 0 amide bonds. The van der Waals surface area contributed by atoms with E-state index in [1.807, 2.05) is 6.92 Å². The molecule has 1 unspecified atom stereocenters. The quantitative estimate of drug-likeness (QED) is 0.748. The summed E-state index contributed by atoms with van der Waals surface area (Å²) in [6.07, 6.45) is 1.93. The van der Waals surface area contributed by atoms with Crippen LogP contribution in [0.3, 0.4) is 0 Å². The number of rotatable bonds is 8. The summed E-state index contributed by atoms with van der Waals surface area (Å²) in [5.41, 5.74) is 0.663. The Morgan fingerprint density at radius 3 is 2.25 bits per heavy atom. The highest BCUT2D eigenvalue weighted by molar-refractivity contribution is 6.30. The first-order valence-corrected chi connectivity index (χ1v) is 7.59.